The molecule has 8 heteroatoms. The van der Waals surface area contributed by atoms with E-state index in [-0.39, 0.29) is 17.7 Å². The molecule has 2 rings (SSSR count). The Morgan fingerprint density at radius 1 is 1.48 bits per heavy atom. The Morgan fingerprint density at radius 2 is 2.20 bits per heavy atom. The zero-order valence-electron chi connectivity index (χ0n) is 14.9. The number of H-pyrrole nitrogens is 1. The highest BCUT2D eigenvalue weighted by Crippen LogP contribution is 2.29. The number of rotatable bonds is 7. The Balaban J connectivity index is 1.76. The van der Waals surface area contributed by atoms with Crippen molar-refractivity contribution in [3.8, 4) is 0 Å². The quantitative estimate of drug-likeness (QED) is 0.787. The highest BCUT2D eigenvalue weighted by molar-refractivity contribution is 5.93. The van der Waals surface area contributed by atoms with Gasteiger partial charge in [0.05, 0.1) is 6.20 Å². The minimum atomic E-state index is -3.30. The van der Waals surface area contributed by atoms with Gasteiger partial charge in [0.1, 0.15) is 5.69 Å². The fourth-order valence-corrected chi connectivity index (χ4v) is 3.14. The number of hydrogen-bond donors (Lipinski definition) is 2. The van der Waals surface area contributed by atoms with Crippen molar-refractivity contribution in [3.05, 3.63) is 17.5 Å². The van der Waals surface area contributed by atoms with Gasteiger partial charge in [0.25, 0.3) is 11.8 Å². The highest BCUT2D eigenvalue weighted by atomic mass is 19.3. The third-order valence-electron chi connectivity index (χ3n) is 4.44. The molecular formula is C17H26F2N4O2. The van der Waals surface area contributed by atoms with Crippen molar-refractivity contribution in [2.75, 3.05) is 19.6 Å². The number of aromatic nitrogens is 2. The van der Waals surface area contributed by atoms with Gasteiger partial charge in [0.15, 0.2) is 0 Å². The molecule has 1 atom stereocenters. The second-order valence-corrected chi connectivity index (χ2v) is 7.18. The van der Waals surface area contributed by atoms with Crippen LogP contribution in [0.1, 0.15) is 49.2 Å². The summed E-state index contributed by atoms with van der Waals surface area (Å²) in [7, 11) is 0. The molecule has 0 aromatic carbocycles. The number of hydrogen-bond acceptors (Lipinski definition) is 3. The molecule has 0 bridgehead atoms. The Hall–Kier alpha value is -1.99. The van der Waals surface area contributed by atoms with Crippen LogP contribution in [0.4, 0.5) is 8.78 Å². The Labute approximate surface area is 146 Å². The van der Waals surface area contributed by atoms with Crippen LogP contribution >= 0.6 is 0 Å². The summed E-state index contributed by atoms with van der Waals surface area (Å²) in [6.45, 7) is 6.26. The van der Waals surface area contributed by atoms with Crippen LogP contribution in [0.15, 0.2) is 6.20 Å². The normalized spacial score (nSPS) is 18.0. The minimum Gasteiger partial charge on any atom is -0.351 e. The zero-order chi connectivity index (χ0) is 18.6. The van der Waals surface area contributed by atoms with Gasteiger partial charge < -0.3 is 10.2 Å². The Kier molecular flexibility index (Phi) is 6.13. The van der Waals surface area contributed by atoms with Crippen LogP contribution in [0, 0.1) is 18.8 Å². The van der Waals surface area contributed by atoms with Crippen LogP contribution in [-0.4, -0.2) is 52.5 Å². The molecule has 6 nitrogen and oxygen atoms in total. The molecule has 0 spiro atoms. The van der Waals surface area contributed by atoms with Gasteiger partial charge in [-0.2, -0.15) is 13.9 Å². The SMILES string of the molecule is Cc1cn[nH]c1C(=O)NCC[C@H]1CCN(C(=O)C(F)(F)CC(C)C)C1. The Morgan fingerprint density at radius 3 is 2.80 bits per heavy atom. The van der Waals surface area contributed by atoms with Gasteiger partial charge in [0.2, 0.25) is 0 Å². The van der Waals surface area contributed by atoms with Crippen molar-refractivity contribution in [3.63, 3.8) is 0 Å². The molecule has 2 amide bonds. The van der Waals surface area contributed by atoms with E-state index in [0.29, 0.717) is 38.2 Å². The predicted octanol–water partition coefficient (Wildman–Crippen LogP) is 2.37. The standard InChI is InChI=1S/C17H26F2N4O2/c1-11(2)8-17(18,19)16(25)23-7-5-13(10-23)4-6-20-15(24)14-12(3)9-21-22-14/h9,11,13H,4-8,10H2,1-3H3,(H,20,24)(H,21,22)/t13-/m0/s1. The fraction of sp³-hybridized carbons (Fsp3) is 0.706. The highest BCUT2D eigenvalue weighted by Gasteiger charge is 2.44. The van der Waals surface area contributed by atoms with Gasteiger partial charge >= 0.3 is 5.92 Å². The van der Waals surface area contributed by atoms with E-state index < -0.39 is 18.3 Å². The van der Waals surface area contributed by atoms with Crippen LogP contribution in [0.5, 0.6) is 0 Å². The third kappa shape index (κ3) is 4.99. The molecule has 0 aliphatic carbocycles. The molecule has 0 unspecified atom stereocenters. The molecule has 1 aromatic rings. The predicted molar refractivity (Wildman–Crippen MR) is 89.4 cm³/mol. The molecule has 25 heavy (non-hydrogen) atoms. The zero-order valence-corrected chi connectivity index (χ0v) is 14.9. The summed E-state index contributed by atoms with van der Waals surface area (Å²) in [5.41, 5.74) is 1.19. The molecule has 1 fully saturated rings. The number of carbonyl (C=O) groups excluding carboxylic acids is 2. The summed E-state index contributed by atoms with van der Waals surface area (Å²) in [6, 6.07) is 0. The second kappa shape index (κ2) is 7.93. The van der Waals surface area contributed by atoms with Crippen LogP contribution in [-0.2, 0) is 4.79 Å². The average molecular weight is 356 g/mol. The molecule has 0 saturated carbocycles. The molecule has 2 N–H and O–H groups in total. The number of carbonyl (C=O) groups is 2. The lowest BCUT2D eigenvalue weighted by Crippen LogP contribution is -2.43. The van der Waals surface area contributed by atoms with E-state index in [0.717, 1.165) is 5.56 Å². The number of nitrogens with one attached hydrogen (secondary N) is 2. The second-order valence-electron chi connectivity index (χ2n) is 7.18. The van der Waals surface area contributed by atoms with Crippen molar-refractivity contribution in [1.29, 1.82) is 0 Å². The van der Waals surface area contributed by atoms with Crippen LogP contribution < -0.4 is 5.32 Å². The molecule has 1 aliphatic rings. The topological polar surface area (TPSA) is 78.1 Å². The first-order valence-corrected chi connectivity index (χ1v) is 8.66. The number of aryl methyl sites for hydroxylation is 1. The van der Waals surface area contributed by atoms with E-state index in [1.807, 2.05) is 0 Å². The van der Waals surface area contributed by atoms with Crippen molar-refractivity contribution < 1.29 is 18.4 Å². The van der Waals surface area contributed by atoms with Crippen molar-refractivity contribution in [2.24, 2.45) is 11.8 Å². The maximum Gasteiger partial charge on any atom is 0.325 e. The molecule has 1 saturated heterocycles. The van der Waals surface area contributed by atoms with E-state index in [1.54, 1.807) is 27.0 Å². The van der Waals surface area contributed by atoms with Crippen molar-refractivity contribution >= 4 is 11.8 Å². The number of amides is 2. The number of halogens is 2. The summed E-state index contributed by atoms with van der Waals surface area (Å²) in [6.07, 6.45) is 2.49. The van der Waals surface area contributed by atoms with Crippen LogP contribution in [0.25, 0.3) is 0 Å². The molecular weight excluding hydrogens is 330 g/mol. The third-order valence-corrected chi connectivity index (χ3v) is 4.44. The lowest BCUT2D eigenvalue weighted by atomic mass is 10.0. The largest absolute Gasteiger partial charge is 0.351 e. The first-order valence-electron chi connectivity index (χ1n) is 8.66. The average Bonchev–Trinajstić information content (AvgIpc) is 3.14. The van der Waals surface area contributed by atoms with Gasteiger partial charge in [-0.1, -0.05) is 13.8 Å². The van der Waals surface area contributed by atoms with Crippen LogP contribution in [0.2, 0.25) is 0 Å². The van der Waals surface area contributed by atoms with Gasteiger partial charge in [-0.05, 0) is 37.2 Å². The van der Waals surface area contributed by atoms with Crippen LogP contribution in [0.3, 0.4) is 0 Å². The van der Waals surface area contributed by atoms with E-state index in [2.05, 4.69) is 15.5 Å². The van der Waals surface area contributed by atoms with E-state index in [9.17, 15) is 18.4 Å². The lowest BCUT2D eigenvalue weighted by molar-refractivity contribution is -0.158. The monoisotopic (exact) mass is 356 g/mol. The molecule has 140 valence electrons. The van der Waals surface area contributed by atoms with Crippen molar-refractivity contribution in [1.82, 2.24) is 20.4 Å². The number of likely N-dealkylation sites (tertiary alicyclic amines) is 1. The summed E-state index contributed by atoms with van der Waals surface area (Å²) in [5, 5.41) is 9.23. The molecule has 1 aromatic heterocycles. The minimum absolute atomic E-state index is 0.127. The van der Waals surface area contributed by atoms with Gasteiger partial charge in [-0.15, -0.1) is 0 Å². The Bertz CT molecular complexity index is 616. The van der Waals surface area contributed by atoms with E-state index in [4.69, 9.17) is 0 Å². The summed E-state index contributed by atoms with van der Waals surface area (Å²) < 4.78 is 27.9. The van der Waals surface area contributed by atoms with Gasteiger partial charge in [0, 0.05) is 26.1 Å². The first-order chi connectivity index (χ1) is 11.7. The lowest BCUT2D eigenvalue weighted by Gasteiger charge is -2.24. The summed E-state index contributed by atoms with van der Waals surface area (Å²) in [5.74, 6) is -4.71. The van der Waals surface area contributed by atoms with E-state index >= 15 is 0 Å². The maximum atomic E-state index is 13.9. The van der Waals surface area contributed by atoms with Gasteiger partial charge in [-0.3, -0.25) is 14.7 Å². The molecule has 2 heterocycles. The number of aromatic amines is 1. The molecule has 0 radical (unpaired) electrons. The van der Waals surface area contributed by atoms with E-state index in [1.165, 1.54) is 4.90 Å². The smallest absolute Gasteiger partial charge is 0.325 e. The number of nitrogens with zero attached hydrogens (tertiary/aromatic N) is 2. The summed E-state index contributed by atoms with van der Waals surface area (Å²) in [4.78, 5) is 25.2. The maximum absolute atomic E-state index is 13.9. The van der Waals surface area contributed by atoms with Gasteiger partial charge in [-0.25, -0.2) is 0 Å². The summed E-state index contributed by atoms with van der Waals surface area (Å²) >= 11 is 0. The fourth-order valence-electron chi connectivity index (χ4n) is 3.14. The first kappa shape index (κ1) is 19.3. The molecule has 1 aliphatic heterocycles. The van der Waals surface area contributed by atoms with Crippen molar-refractivity contribution in [2.45, 2.75) is 46.0 Å². The number of alkyl halides is 2.